The molecule has 35 heavy (non-hydrogen) atoms. The Hall–Kier alpha value is -3.66. The lowest BCUT2D eigenvalue weighted by Crippen LogP contribution is -2.52. The molecule has 2 saturated heterocycles. The molecule has 5 heterocycles. The SMILES string of the molecule is O=C1CCC(N2Cc3c(cc(F)cc3C3CCN(Cc4cnc5[nH]ccnc4-5)CC3)C2=O)C(=O)N1. The molecule has 0 bridgehead atoms. The second-order valence-corrected chi connectivity index (χ2v) is 9.54. The van der Waals surface area contributed by atoms with E-state index < -0.39 is 17.8 Å². The number of halogens is 1. The van der Waals surface area contributed by atoms with E-state index in [4.69, 9.17) is 0 Å². The summed E-state index contributed by atoms with van der Waals surface area (Å²) in [6, 6.07) is 2.12. The molecule has 5 aliphatic rings. The number of benzene rings is 1. The molecule has 0 aliphatic carbocycles. The highest BCUT2D eigenvalue weighted by Crippen LogP contribution is 2.38. The van der Waals surface area contributed by atoms with Gasteiger partial charge in [0.2, 0.25) is 11.8 Å². The third-order valence-corrected chi connectivity index (χ3v) is 7.45. The fourth-order valence-corrected chi connectivity index (χ4v) is 5.67. The lowest BCUT2D eigenvalue weighted by atomic mass is 9.85. The Kier molecular flexibility index (Phi) is 5.32. The topological polar surface area (TPSA) is 111 Å². The van der Waals surface area contributed by atoms with Crippen molar-refractivity contribution in [1.82, 2.24) is 30.1 Å². The average Bonchev–Trinajstić information content (AvgIpc) is 3.40. The molecule has 2 N–H and O–H groups in total. The maximum absolute atomic E-state index is 14.6. The first kappa shape index (κ1) is 21.8. The smallest absolute Gasteiger partial charge is 0.255 e. The number of nitrogens with one attached hydrogen (secondary N) is 2. The van der Waals surface area contributed by atoms with Crippen LogP contribution in [0, 0.1) is 5.82 Å². The highest BCUT2D eigenvalue weighted by Gasteiger charge is 2.41. The summed E-state index contributed by atoms with van der Waals surface area (Å²) in [7, 11) is 0. The number of hydrogen-bond donors (Lipinski definition) is 2. The van der Waals surface area contributed by atoms with E-state index in [1.54, 1.807) is 18.5 Å². The van der Waals surface area contributed by atoms with E-state index in [-0.39, 0.29) is 30.7 Å². The molecule has 0 spiro atoms. The maximum Gasteiger partial charge on any atom is 0.255 e. The van der Waals surface area contributed by atoms with E-state index in [0.717, 1.165) is 60.7 Å². The molecule has 2 fully saturated rings. The van der Waals surface area contributed by atoms with Gasteiger partial charge >= 0.3 is 0 Å². The van der Waals surface area contributed by atoms with Gasteiger partial charge in [-0.1, -0.05) is 0 Å². The summed E-state index contributed by atoms with van der Waals surface area (Å²) in [5.41, 5.74) is 3.96. The fraction of sp³-hybridized carbons (Fsp3) is 0.400. The molecule has 1 aromatic carbocycles. The van der Waals surface area contributed by atoms with Crippen molar-refractivity contribution < 1.29 is 18.8 Å². The largest absolute Gasteiger partial charge is 0.343 e. The van der Waals surface area contributed by atoms with Crippen molar-refractivity contribution in [2.75, 3.05) is 13.1 Å². The van der Waals surface area contributed by atoms with Crippen LogP contribution >= 0.6 is 0 Å². The molecule has 6 rings (SSSR count). The van der Waals surface area contributed by atoms with E-state index >= 15 is 0 Å². The number of nitrogens with zero attached hydrogens (tertiary/aromatic N) is 4. The zero-order valence-corrected chi connectivity index (χ0v) is 19.1. The highest BCUT2D eigenvalue weighted by molar-refractivity contribution is 6.05. The van der Waals surface area contributed by atoms with Gasteiger partial charge in [0, 0.05) is 49.2 Å². The zero-order valence-electron chi connectivity index (χ0n) is 19.1. The van der Waals surface area contributed by atoms with Crippen molar-refractivity contribution >= 4 is 17.7 Å². The molecule has 1 unspecified atom stereocenters. The van der Waals surface area contributed by atoms with E-state index in [1.807, 2.05) is 6.20 Å². The van der Waals surface area contributed by atoms with Crippen molar-refractivity contribution in [3.8, 4) is 11.5 Å². The minimum atomic E-state index is -0.704. The van der Waals surface area contributed by atoms with Gasteiger partial charge < -0.3 is 9.88 Å². The number of likely N-dealkylation sites (tertiary alicyclic amines) is 1. The molecule has 9 nitrogen and oxygen atoms in total. The van der Waals surface area contributed by atoms with Crippen LogP contribution in [0.15, 0.2) is 30.7 Å². The number of piperidine rings is 2. The lowest BCUT2D eigenvalue weighted by Gasteiger charge is -2.33. The van der Waals surface area contributed by atoms with Gasteiger partial charge in [-0.2, -0.15) is 0 Å². The van der Waals surface area contributed by atoms with Gasteiger partial charge in [-0.25, -0.2) is 9.37 Å². The summed E-state index contributed by atoms with van der Waals surface area (Å²) in [6.07, 6.45) is 7.51. The number of rotatable bonds is 4. The quantitative estimate of drug-likeness (QED) is 0.559. The first-order valence-corrected chi connectivity index (χ1v) is 11.9. The summed E-state index contributed by atoms with van der Waals surface area (Å²) < 4.78 is 14.6. The molecular weight excluding hydrogens is 451 g/mol. The Morgan fingerprint density at radius 3 is 2.71 bits per heavy atom. The van der Waals surface area contributed by atoms with Crippen molar-refractivity contribution in [1.29, 1.82) is 0 Å². The Morgan fingerprint density at radius 2 is 1.91 bits per heavy atom. The number of hydrogen-bond acceptors (Lipinski definition) is 6. The monoisotopic (exact) mass is 476 g/mol. The standard InChI is InChI=1S/C25H25FN6O3/c26-16-9-17(19-13-32(25(35)18(19)10-16)20-1-2-21(33)30-24(20)34)14-3-7-31(8-4-14)12-15-11-29-23-22(15)27-5-6-28-23/h5-6,9-11,14,20H,1-4,7-8,12-13H2,(H,28,29)(H,30,33,34). The molecule has 10 heteroatoms. The van der Waals surface area contributed by atoms with Gasteiger partial charge in [0.15, 0.2) is 5.82 Å². The molecule has 1 atom stereocenters. The Morgan fingerprint density at radius 1 is 1.09 bits per heavy atom. The number of imide groups is 1. The van der Waals surface area contributed by atoms with Crippen molar-refractivity contribution in [3.63, 3.8) is 0 Å². The number of carbonyl (C=O) groups is 3. The number of aromatic amines is 1. The minimum Gasteiger partial charge on any atom is -0.343 e. The average molecular weight is 477 g/mol. The van der Waals surface area contributed by atoms with Crippen LogP contribution in [0.1, 0.15) is 58.6 Å². The fourth-order valence-electron chi connectivity index (χ4n) is 5.67. The van der Waals surface area contributed by atoms with Crippen LogP contribution in [0.2, 0.25) is 0 Å². The molecule has 5 aliphatic heterocycles. The predicted octanol–water partition coefficient (Wildman–Crippen LogP) is 2.19. The summed E-state index contributed by atoms with van der Waals surface area (Å²) in [5.74, 6) is -0.652. The van der Waals surface area contributed by atoms with Gasteiger partial charge in [0.1, 0.15) is 17.6 Å². The van der Waals surface area contributed by atoms with Gasteiger partial charge in [0.25, 0.3) is 5.91 Å². The minimum absolute atomic E-state index is 0.131. The molecule has 0 radical (unpaired) electrons. The maximum atomic E-state index is 14.6. The van der Waals surface area contributed by atoms with Crippen LogP contribution in [0.3, 0.4) is 0 Å². The van der Waals surface area contributed by atoms with Crippen LogP contribution in [0.5, 0.6) is 0 Å². The first-order valence-electron chi connectivity index (χ1n) is 11.9. The third-order valence-electron chi connectivity index (χ3n) is 7.45. The second-order valence-electron chi connectivity index (χ2n) is 9.54. The van der Waals surface area contributed by atoms with Gasteiger partial charge in [0.05, 0.1) is 0 Å². The summed E-state index contributed by atoms with van der Waals surface area (Å²) in [6.45, 7) is 2.69. The van der Waals surface area contributed by atoms with E-state index in [2.05, 4.69) is 25.2 Å². The van der Waals surface area contributed by atoms with Gasteiger partial charge in [-0.05, 0) is 61.5 Å². The molecule has 0 aromatic heterocycles. The van der Waals surface area contributed by atoms with E-state index in [1.165, 1.54) is 11.0 Å². The molecule has 3 amide bonds. The van der Waals surface area contributed by atoms with E-state index in [9.17, 15) is 18.8 Å². The molecule has 180 valence electrons. The second kappa shape index (κ2) is 8.53. The first-order chi connectivity index (χ1) is 17.0. The van der Waals surface area contributed by atoms with Crippen molar-refractivity contribution in [2.45, 2.75) is 50.7 Å². The van der Waals surface area contributed by atoms with Crippen LogP contribution in [-0.2, 0) is 22.7 Å². The Labute approximate surface area is 201 Å². The van der Waals surface area contributed by atoms with E-state index in [0.29, 0.717) is 12.0 Å². The summed E-state index contributed by atoms with van der Waals surface area (Å²) in [5, 5.41) is 2.31. The Bertz CT molecular complexity index is 1300. The normalized spacial score (nSPS) is 21.6. The molecule has 1 aromatic rings. The van der Waals surface area contributed by atoms with Crippen LogP contribution in [0.4, 0.5) is 4.39 Å². The third kappa shape index (κ3) is 3.87. The van der Waals surface area contributed by atoms with Crippen molar-refractivity contribution in [2.24, 2.45) is 0 Å². The number of amides is 3. The van der Waals surface area contributed by atoms with Crippen molar-refractivity contribution in [3.05, 3.63) is 58.8 Å². The Balaban J connectivity index is 1.18. The molecular formula is C25H25FN6O3. The van der Waals surface area contributed by atoms with Crippen LogP contribution in [-0.4, -0.2) is 61.6 Å². The summed E-state index contributed by atoms with van der Waals surface area (Å²) in [4.78, 5) is 52.8. The number of H-pyrrole nitrogens is 1. The van der Waals surface area contributed by atoms with Crippen LogP contribution < -0.4 is 5.32 Å². The number of carbonyl (C=O) groups excluding carboxylic acids is 3. The predicted molar refractivity (Wildman–Crippen MR) is 123 cm³/mol. The van der Waals surface area contributed by atoms with Gasteiger partial charge in [-0.15, -0.1) is 0 Å². The molecule has 0 saturated carbocycles. The number of fused-ring (bicyclic) bond motifs is 2. The zero-order chi connectivity index (χ0) is 24.1. The van der Waals surface area contributed by atoms with Gasteiger partial charge in [-0.3, -0.25) is 29.6 Å². The number of aromatic nitrogens is 3. The lowest BCUT2D eigenvalue weighted by molar-refractivity contribution is -0.136. The van der Waals surface area contributed by atoms with Crippen LogP contribution in [0.25, 0.3) is 11.5 Å². The summed E-state index contributed by atoms with van der Waals surface area (Å²) >= 11 is 0. The highest BCUT2D eigenvalue weighted by atomic mass is 19.1.